The molecule has 2 heterocycles. The Bertz CT molecular complexity index is 2640. The maximum absolute atomic E-state index is 6.48. The summed E-state index contributed by atoms with van der Waals surface area (Å²) in [5, 5.41) is 4.44. The summed E-state index contributed by atoms with van der Waals surface area (Å²) in [4.78, 5) is 4.54. The summed E-state index contributed by atoms with van der Waals surface area (Å²) in [7, 11) is 0. The summed E-state index contributed by atoms with van der Waals surface area (Å²) in [6, 6.07) is 67.7. The monoisotopic (exact) mass is 668 g/mol. The summed E-state index contributed by atoms with van der Waals surface area (Å²) in [5.74, 6) is 0. The second-order valence-electron chi connectivity index (χ2n) is 12.9. The molecule has 0 N–H and O–H groups in total. The Balaban J connectivity index is 1.03. The largest absolute Gasteiger partial charge is 0.454 e. The minimum Gasteiger partial charge on any atom is -0.454 e. The molecule has 8 aromatic carbocycles. The highest BCUT2D eigenvalue weighted by atomic mass is 16.3. The van der Waals surface area contributed by atoms with Gasteiger partial charge in [-0.15, -0.1) is 0 Å². The molecule has 52 heavy (non-hydrogen) atoms. The molecule has 246 valence electrons. The zero-order chi connectivity index (χ0) is 34.4. The predicted octanol–water partition coefficient (Wildman–Crippen LogP) is 14.1. The van der Waals surface area contributed by atoms with Crippen LogP contribution >= 0.6 is 0 Å². The molecule has 4 nitrogen and oxygen atoms in total. The normalized spacial score (nSPS) is 11.5. The van der Waals surface area contributed by atoms with Crippen molar-refractivity contribution in [2.24, 2.45) is 0 Å². The number of benzene rings is 8. The van der Waals surface area contributed by atoms with E-state index in [1.165, 1.54) is 0 Å². The lowest BCUT2D eigenvalue weighted by atomic mass is 10.0. The van der Waals surface area contributed by atoms with Crippen molar-refractivity contribution < 1.29 is 8.83 Å². The first-order chi connectivity index (χ1) is 25.8. The molecule has 0 saturated carbocycles. The number of hydrogen-bond acceptors (Lipinski definition) is 4. The highest BCUT2D eigenvalue weighted by Gasteiger charge is 2.21. The van der Waals surface area contributed by atoms with Crippen LogP contribution in [0.2, 0.25) is 0 Å². The minimum atomic E-state index is 0.869. The van der Waals surface area contributed by atoms with Crippen LogP contribution in [-0.2, 0) is 0 Å². The van der Waals surface area contributed by atoms with Crippen molar-refractivity contribution >= 4 is 78.0 Å². The number of nitrogens with zero attached hydrogens (tertiary/aromatic N) is 2. The van der Waals surface area contributed by atoms with Crippen LogP contribution in [0.1, 0.15) is 0 Å². The van der Waals surface area contributed by atoms with E-state index in [1.54, 1.807) is 0 Å². The average molecular weight is 669 g/mol. The van der Waals surface area contributed by atoms with E-state index in [9.17, 15) is 0 Å². The predicted molar refractivity (Wildman–Crippen MR) is 216 cm³/mol. The van der Waals surface area contributed by atoms with Crippen molar-refractivity contribution in [1.82, 2.24) is 0 Å². The van der Waals surface area contributed by atoms with Crippen LogP contribution in [0.15, 0.2) is 203 Å². The topological polar surface area (TPSA) is 32.8 Å². The van der Waals surface area contributed by atoms with E-state index in [-0.39, 0.29) is 0 Å². The SMILES string of the molecule is c1ccc(N(c2ccc(-c3ccc(N(c4ccccc4)c4cccc5c4oc4ccccc45)cc3)cc2)c2cccc3c2oc2ccccc23)cc1. The fraction of sp³-hybridized carbons (Fsp3) is 0. The van der Waals surface area contributed by atoms with Gasteiger partial charge in [0.1, 0.15) is 11.2 Å². The van der Waals surface area contributed by atoms with E-state index < -0.39 is 0 Å². The Labute approximate surface area is 301 Å². The van der Waals surface area contributed by atoms with Crippen LogP contribution in [0.3, 0.4) is 0 Å². The minimum absolute atomic E-state index is 0.869. The Hall–Kier alpha value is -7.04. The van der Waals surface area contributed by atoms with Crippen molar-refractivity contribution in [2.45, 2.75) is 0 Å². The van der Waals surface area contributed by atoms with Crippen LogP contribution in [0.4, 0.5) is 34.1 Å². The van der Waals surface area contributed by atoms with Gasteiger partial charge in [0.2, 0.25) is 0 Å². The molecule has 0 radical (unpaired) electrons. The quantitative estimate of drug-likeness (QED) is 0.169. The van der Waals surface area contributed by atoms with Gasteiger partial charge in [-0.3, -0.25) is 0 Å². The molecule has 4 heteroatoms. The third kappa shape index (κ3) is 5.00. The molecule has 2 aromatic heterocycles. The van der Waals surface area contributed by atoms with Gasteiger partial charge in [0.15, 0.2) is 11.2 Å². The van der Waals surface area contributed by atoms with E-state index in [2.05, 4.69) is 168 Å². The highest BCUT2D eigenvalue weighted by Crippen LogP contribution is 2.44. The maximum atomic E-state index is 6.48. The van der Waals surface area contributed by atoms with Crippen LogP contribution in [0.5, 0.6) is 0 Å². The van der Waals surface area contributed by atoms with Gasteiger partial charge in [0, 0.05) is 44.3 Å². The van der Waals surface area contributed by atoms with Gasteiger partial charge in [-0.1, -0.05) is 121 Å². The van der Waals surface area contributed by atoms with E-state index in [0.717, 1.165) is 89.1 Å². The highest BCUT2D eigenvalue weighted by molar-refractivity contribution is 6.11. The van der Waals surface area contributed by atoms with Crippen LogP contribution < -0.4 is 9.80 Å². The fourth-order valence-corrected chi connectivity index (χ4v) is 7.43. The Morgan fingerprint density at radius 1 is 0.269 bits per heavy atom. The molecule has 10 rings (SSSR count). The summed E-state index contributed by atoms with van der Waals surface area (Å²) >= 11 is 0. The number of furan rings is 2. The van der Waals surface area contributed by atoms with Crippen molar-refractivity contribution in [3.8, 4) is 11.1 Å². The molecule has 0 aliphatic heterocycles. The molecular formula is C48H32N2O2. The molecule has 0 bridgehead atoms. The molecule has 0 saturated heterocycles. The van der Waals surface area contributed by atoms with Gasteiger partial charge in [0.05, 0.1) is 11.4 Å². The molecule has 0 aliphatic rings. The van der Waals surface area contributed by atoms with E-state index in [1.807, 2.05) is 36.4 Å². The van der Waals surface area contributed by atoms with Crippen LogP contribution in [0.25, 0.3) is 55.0 Å². The van der Waals surface area contributed by atoms with Gasteiger partial charge in [-0.25, -0.2) is 0 Å². The first-order valence-electron chi connectivity index (χ1n) is 17.5. The third-order valence-corrected chi connectivity index (χ3v) is 9.86. The van der Waals surface area contributed by atoms with E-state index >= 15 is 0 Å². The fourth-order valence-electron chi connectivity index (χ4n) is 7.43. The van der Waals surface area contributed by atoms with Gasteiger partial charge in [-0.05, 0) is 83.9 Å². The number of rotatable bonds is 7. The molecule has 0 spiro atoms. The Kier molecular flexibility index (Phi) is 7.10. The first kappa shape index (κ1) is 29.8. The molecule has 0 amide bonds. The zero-order valence-corrected chi connectivity index (χ0v) is 28.2. The van der Waals surface area contributed by atoms with E-state index in [0.29, 0.717) is 0 Å². The maximum Gasteiger partial charge on any atom is 0.159 e. The van der Waals surface area contributed by atoms with Crippen LogP contribution in [-0.4, -0.2) is 0 Å². The standard InChI is InChI=1S/C48H32N2O2/c1-3-13-35(14-4-1)49(43-21-11-19-41-39-17-7-9-23-45(39)51-47(41)43)37-29-25-33(26-30-37)34-27-31-38(32-28-34)50(36-15-5-2-6-16-36)44-22-12-20-42-40-18-8-10-24-46(40)52-48(42)44/h1-32H. The number of fused-ring (bicyclic) bond motifs is 6. The summed E-state index contributed by atoms with van der Waals surface area (Å²) in [5.41, 5.74) is 12.0. The molecule has 0 aliphatic carbocycles. The average Bonchev–Trinajstić information content (AvgIpc) is 3.79. The second-order valence-corrected chi connectivity index (χ2v) is 12.9. The summed E-state index contributed by atoms with van der Waals surface area (Å²) in [6.45, 7) is 0. The van der Waals surface area contributed by atoms with Crippen LogP contribution in [0, 0.1) is 0 Å². The lowest BCUT2D eigenvalue weighted by molar-refractivity contribution is 0.668. The van der Waals surface area contributed by atoms with Crippen molar-refractivity contribution in [3.05, 3.63) is 194 Å². The number of hydrogen-bond donors (Lipinski definition) is 0. The van der Waals surface area contributed by atoms with Crippen molar-refractivity contribution in [2.75, 3.05) is 9.80 Å². The van der Waals surface area contributed by atoms with Gasteiger partial charge in [-0.2, -0.15) is 0 Å². The zero-order valence-electron chi connectivity index (χ0n) is 28.2. The lowest BCUT2D eigenvalue weighted by Crippen LogP contribution is -2.10. The second kappa shape index (κ2) is 12.4. The summed E-state index contributed by atoms with van der Waals surface area (Å²) < 4.78 is 13.0. The number of anilines is 6. The van der Waals surface area contributed by atoms with Gasteiger partial charge < -0.3 is 18.6 Å². The molecule has 0 unspecified atom stereocenters. The third-order valence-electron chi connectivity index (χ3n) is 9.86. The Morgan fingerprint density at radius 2 is 0.615 bits per heavy atom. The smallest absolute Gasteiger partial charge is 0.159 e. The molecule has 0 atom stereocenters. The summed E-state index contributed by atoms with van der Waals surface area (Å²) in [6.07, 6.45) is 0. The molecular weight excluding hydrogens is 637 g/mol. The lowest BCUT2D eigenvalue weighted by Gasteiger charge is -2.26. The van der Waals surface area contributed by atoms with E-state index in [4.69, 9.17) is 8.83 Å². The van der Waals surface area contributed by atoms with Crippen molar-refractivity contribution in [1.29, 1.82) is 0 Å². The molecule has 10 aromatic rings. The van der Waals surface area contributed by atoms with Crippen molar-refractivity contribution in [3.63, 3.8) is 0 Å². The number of para-hydroxylation sites is 6. The molecule has 0 fully saturated rings. The van der Waals surface area contributed by atoms with Gasteiger partial charge in [0.25, 0.3) is 0 Å². The van der Waals surface area contributed by atoms with Gasteiger partial charge >= 0.3 is 0 Å². The first-order valence-corrected chi connectivity index (χ1v) is 17.5. The Morgan fingerprint density at radius 3 is 1.04 bits per heavy atom.